The van der Waals surface area contributed by atoms with Gasteiger partial charge in [-0.3, -0.25) is 0 Å². The van der Waals surface area contributed by atoms with Crippen LogP contribution in [0.15, 0.2) is 60.7 Å². The van der Waals surface area contributed by atoms with Gasteiger partial charge in [0.25, 0.3) is 0 Å². The largest absolute Gasteiger partial charge is 0.573 e. The van der Waals surface area contributed by atoms with E-state index in [4.69, 9.17) is 9.47 Å². The van der Waals surface area contributed by atoms with Gasteiger partial charge in [-0.1, -0.05) is 24.8 Å². The second-order valence-electron chi connectivity index (χ2n) is 7.71. The molecule has 2 bridgehead atoms. The van der Waals surface area contributed by atoms with Gasteiger partial charge in [-0.15, -0.1) is 13.2 Å². The highest BCUT2D eigenvalue weighted by Gasteiger charge is 2.54. The lowest BCUT2D eigenvalue weighted by molar-refractivity contribution is -0.275. The van der Waals surface area contributed by atoms with Crippen molar-refractivity contribution >= 4 is 17.7 Å². The maximum Gasteiger partial charge on any atom is 0.573 e. The maximum absolute atomic E-state index is 13.0. The molecule has 2 heterocycles. The van der Waals surface area contributed by atoms with E-state index in [0.29, 0.717) is 17.4 Å². The summed E-state index contributed by atoms with van der Waals surface area (Å²) in [5.74, 6) is -1.04. The molecule has 4 nitrogen and oxygen atoms in total. The second kappa shape index (κ2) is 8.15. The number of ether oxygens (including phenoxy) is 3. The van der Waals surface area contributed by atoms with Crippen LogP contribution in [0.4, 0.5) is 13.2 Å². The number of alkyl halides is 3. The Morgan fingerprint density at radius 3 is 2.45 bits per heavy atom. The van der Waals surface area contributed by atoms with E-state index in [1.165, 1.54) is 12.1 Å². The van der Waals surface area contributed by atoms with Crippen molar-refractivity contribution in [2.45, 2.75) is 48.6 Å². The van der Waals surface area contributed by atoms with Gasteiger partial charge >= 0.3 is 12.3 Å². The molecular weight excluding hydrogens is 429 g/mol. The van der Waals surface area contributed by atoms with Crippen molar-refractivity contribution in [1.29, 1.82) is 0 Å². The molecule has 8 heteroatoms. The number of hydrogen-bond donors (Lipinski definition) is 0. The molecule has 31 heavy (non-hydrogen) atoms. The summed E-state index contributed by atoms with van der Waals surface area (Å²) in [6, 6.07) is 12.0. The zero-order chi connectivity index (χ0) is 22.2. The lowest BCUT2D eigenvalue weighted by Crippen LogP contribution is -2.45. The van der Waals surface area contributed by atoms with E-state index in [9.17, 15) is 18.0 Å². The summed E-state index contributed by atoms with van der Waals surface area (Å²) < 4.78 is 54.7. The third-order valence-electron chi connectivity index (χ3n) is 5.53. The molecule has 0 aliphatic carbocycles. The fourth-order valence-corrected chi connectivity index (χ4v) is 6.00. The first-order valence-corrected chi connectivity index (χ1v) is 10.8. The number of benzene rings is 2. The van der Waals surface area contributed by atoms with Gasteiger partial charge in [0.05, 0.1) is 5.56 Å². The van der Waals surface area contributed by atoms with Gasteiger partial charge in [0.15, 0.2) is 11.5 Å². The van der Waals surface area contributed by atoms with E-state index < -0.39 is 23.7 Å². The minimum Gasteiger partial charge on any atom is -0.478 e. The highest BCUT2D eigenvalue weighted by atomic mass is 32.2. The van der Waals surface area contributed by atoms with E-state index in [1.54, 1.807) is 42.1 Å². The quantitative estimate of drug-likeness (QED) is 0.299. The van der Waals surface area contributed by atoms with Gasteiger partial charge in [0.2, 0.25) is 0 Å². The summed E-state index contributed by atoms with van der Waals surface area (Å²) in [4.78, 5) is 12.6. The van der Waals surface area contributed by atoms with Crippen molar-refractivity contribution in [1.82, 2.24) is 0 Å². The highest BCUT2D eigenvalue weighted by Crippen LogP contribution is 2.56. The first-order chi connectivity index (χ1) is 14.7. The molecule has 164 valence electrons. The summed E-state index contributed by atoms with van der Waals surface area (Å²) in [7, 11) is 0. The number of esters is 1. The van der Waals surface area contributed by atoms with Crippen LogP contribution in [0.5, 0.6) is 17.2 Å². The molecule has 0 radical (unpaired) electrons. The normalized spacial score (nSPS) is 24.6. The number of para-hydroxylation sites is 1. The Bertz CT molecular complexity index is 992. The second-order valence-corrected chi connectivity index (χ2v) is 9.22. The molecule has 2 aromatic rings. The lowest BCUT2D eigenvalue weighted by atomic mass is 9.80. The molecule has 2 aliphatic heterocycles. The predicted molar refractivity (Wildman–Crippen MR) is 112 cm³/mol. The molecular formula is C23H21F3O4S. The Kier molecular flexibility index (Phi) is 5.68. The molecule has 2 fully saturated rings. The van der Waals surface area contributed by atoms with E-state index in [0.717, 1.165) is 24.5 Å². The van der Waals surface area contributed by atoms with Crippen LogP contribution < -0.4 is 14.2 Å². The molecule has 2 aromatic carbocycles. The van der Waals surface area contributed by atoms with Gasteiger partial charge in [-0.2, -0.15) is 11.8 Å². The summed E-state index contributed by atoms with van der Waals surface area (Å²) in [5, 5.41) is 0.466. The van der Waals surface area contributed by atoms with Gasteiger partial charge in [-0.05, 0) is 55.7 Å². The van der Waals surface area contributed by atoms with Crippen molar-refractivity contribution in [3.63, 3.8) is 0 Å². The first kappa shape index (κ1) is 21.6. The Hall–Kier alpha value is -2.61. The topological polar surface area (TPSA) is 44.8 Å². The van der Waals surface area contributed by atoms with E-state index in [1.807, 2.05) is 6.92 Å². The monoisotopic (exact) mass is 450 g/mol. The van der Waals surface area contributed by atoms with Crippen LogP contribution >= 0.6 is 11.8 Å². The van der Waals surface area contributed by atoms with E-state index in [-0.39, 0.29) is 16.6 Å². The molecule has 0 aromatic heterocycles. The van der Waals surface area contributed by atoms with Crippen molar-refractivity contribution in [2.24, 2.45) is 0 Å². The molecule has 4 rings (SSSR count). The summed E-state index contributed by atoms with van der Waals surface area (Å²) >= 11 is 1.78. The third-order valence-corrected chi connectivity index (χ3v) is 7.26. The van der Waals surface area contributed by atoms with Crippen LogP contribution in [-0.2, 0) is 0 Å². The molecule has 0 spiro atoms. The molecule has 2 saturated heterocycles. The first-order valence-electron chi connectivity index (χ1n) is 9.84. The maximum atomic E-state index is 13.0. The number of carbonyl (C=O) groups excluding carboxylic acids is 1. The van der Waals surface area contributed by atoms with Gasteiger partial charge in [0.1, 0.15) is 11.4 Å². The van der Waals surface area contributed by atoms with Gasteiger partial charge in [0, 0.05) is 16.9 Å². The zero-order valence-electron chi connectivity index (χ0n) is 16.8. The van der Waals surface area contributed by atoms with Crippen molar-refractivity contribution in [2.75, 3.05) is 0 Å². The van der Waals surface area contributed by atoms with Crippen molar-refractivity contribution in [3.05, 3.63) is 66.2 Å². The van der Waals surface area contributed by atoms with Crippen LogP contribution in [0.2, 0.25) is 0 Å². The zero-order valence-corrected chi connectivity index (χ0v) is 17.6. The smallest absolute Gasteiger partial charge is 0.478 e. The molecule has 3 atom stereocenters. The summed E-state index contributed by atoms with van der Waals surface area (Å²) in [6.45, 7) is 5.87. The van der Waals surface area contributed by atoms with E-state index in [2.05, 4.69) is 11.3 Å². The lowest BCUT2D eigenvalue weighted by Gasteiger charge is -2.38. The minimum atomic E-state index is -4.90. The average Bonchev–Trinajstić information content (AvgIpc) is 3.31. The van der Waals surface area contributed by atoms with Gasteiger partial charge < -0.3 is 14.2 Å². The molecule has 2 aliphatic rings. The summed E-state index contributed by atoms with van der Waals surface area (Å²) in [5.41, 5.74) is -0.0114. The van der Waals surface area contributed by atoms with Crippen molar-refractivity contribution < 1.29 is 32.2 Å². The third kappa shape index (κ3) is 4.54. The molecule has 0 saturated carbocycles. The Morgan fingerprint density at radius 1 is 1.13 bits per heavy atom. The number of halogens is 3. The SMILES string of the molecule is C=C(C)C1(Oc2cc(C(=O)Oc3ccccc3)ccc2OC(F)(F)F)CC2CCC1S2. The Labute approximate surface area is 182 Å². The standard InChI is InChI=1S/C23H21F3O4S/c1-14(2)22(13-17-9-11-20(22)31-17)29-19-12-15(8-10-18(19)30-23(24,25)26)21(27)28-16-6-4-3-5-7-16/h3-8,10,12,17,20H,1,9,11,13H2,2H3. The van der Waals surface area contributed by atoms with E-state index >= 15 is 0 Å². The van der Waals surface area contributed by atoms with Crippen molar-refractivity contribution in [3.8, 4) is 17.2 Å². The van der Waals surface area contributed by atoms with Crippen LogP contribution in [0.1, 0.15) is 36.5 Å². The Morgan fingerprint density at radius 2 is 1.87 bits per heavy atom. The van der Waals surface area contributed by atoms with Crippen LogP contribution in [0, 0.1) is 0 Å². The van der Waals surface area contributed by atoms with Gasteiger partial charge in [-0.25, -0.2) is 4.79 Å². The minimum absolute atomic E-state index is 0.0565. The predicted octanol–water partition coefficient (Wildman–Crippen LogP) is 6.17. The summed E-state index contributed by atoms with van der Waals surface area (Å²) in [6.07, 6.45) is -2.30. The van der Waals surface area contributed by atoms with Crippen LogP contribution in [0.25, 0.3) is 0 Å². The average molecular weight is 450 g/mol. The number of thioether (sulfide) groups is 1. The highest BCUT2D eigenvalue weighted by molar-refractivity contribution is 8.01. The number of carbonyl (C=O) groups is 1. The van der Waals surface area contributed by atoms with Crippen LogP contribution in [-0.4, -0.2) is 28.4 Å². The molecule has 3 unspecified atom stereocenters. The molecule has 0 N–H and O–H groups in total. The number of rotatable bonds is 6. The fraction of sp³-hybridized carbons (Fsp3) is 0.348. The number of hydrogen-bond acceptors (Lipinski definition) is 5. The Balaban J connectivity index is 1.67. The molecule has 0 amide bonds. The fourth-order valence-electron chi connectivity index (χ4n) is 4.09. The number of fused-ring (bicyclic) bond motifs is 2. The van der Waals surface area contributed by atoms with Crippen LogP contribution in [0.3, 0.4) is 0 Å².